The van der Waals surface area contributed by atoms with Crippen LogP contribution in [0.25, 0.3) is 0 Å². The van der Waals surface area contributed by atoms with Gasteiger partial charge in [-0.05, 0) is 68.1 Å². The molecular weight excluding hydrogens is 476 g/mol. The lowest BCUT2D eigenvalue weighted by molar-refractivity contribution is -0.126. The number of carbonyl (C=O) groups excluding carboxylic acids is 1. The van der Waals surface area contributed by atoms with Crippen molar-refractivity contribution in [1.82, 2.24) is 9.62 Å². The quantitative estimate of drug-likeness (QED) is 0.646. The zero-order chi connectivity index (χ0) is 21.0. The van der Waals surface area contributed by atoms with Crippen LogP contribution in [0.1, 0.15) is 25.3 Å². The predicted molar refractivity (Wildman–Crippen MR) is 118 cm³/mol. The van der Waals surface area contributed by atoms with E-state index >= 15 is 0 Å². The van der Waals surface area contributed by atoms with E-state index in [4.69, 9.17) is 11.6 Å². The van der Waals surface area contributed by atoms with Gasteiger partial charge in [0.2, 0.25) is 15.9 Å². The average Bonchev–Trinajstić information content (AvgIpc) is 2.70. The SMILES string of the molecule is CC(Cc1ccc(Br)cc1)NC(=O)C1CCN(S(=O)(=O)c2ccc(Cl)cc2)CC1. The Balaban J connectivity index is 1.52. The molecule has 3 rings (SSSR count). The number of sulfonamides is 1. The molecule has 0 saturated carbocycles. The fourth-order valence-corrected chi connectivity index (χ4v) is 5.36. The molecule has 1 atom stereocenters. The van der Waals surface area contributed by atoms with E-state index in [-0.39, 0.29) is 22.8 Å². The van der Waals surface area contributed by atoms with Gasteiger partial charge in [0.15, 0.2) is 0 Å². The lowest BCUT2D eigenvalue weighted by Gasteiger charge is -2.31. The Kier molecular flexibility index (Phi) is 7.37. The first-order valence-corrected chi connectivity index (χ1v) is 12.2. The molecule has 1 aliphatic rings. The van der Waals surface area contributed by atoms with Crippen LogP contribution in [0.3, 0.4) is 0 Å². The molecule has 0 aromatic heterocycles. The maximum Gasteiger partial charge on any atom is 0.243 e. The van der Waals surface area contributed by atoms with Crippen molar-refractivity contribution in [2.45, 2.75) is 37.1 Å². The summed E-state index contributed by atoms with van der Waals surface area (Å²) in [5.74, 6) is -0.169. The van der Waals surface area contributed by atoms with Crippen LogP contribution in [0.15, 0.2) is 57.9 Å². The predicted octanol–water partition coefficient (Wildman–Crippen LogP) is 4.25. The lowest BCUT2D eigenvalue weighted by atomic mass is 9.96. The molecule has 2 aromatic rings. The Labute approximate surface area is 185 Å². The van der Waals surface area contributed by atoms with E-state index in [0.717, 1.165) is 16.5 Å². The maximum atomic E-state index is 12.8. The standard InChI is InChI=1S/C21H24BrClN2O3S/c1-15(14-16-2-4-18(22)5-3-16)24-21(26)17-10-12-25(13-11-17)29(27,28)20-8-6-19(23)7-9-20/h2-9,15,17H,10-14H2,1H3,(H,24,26). The molecule has 29 heavy (non-hydrogen) atoms. The van der Waals surface area contributed by atoms with Gasteiger partial charge in [-0.15, -0.1) is 0 Å². The third-order valence-electron chi connectivity index (χ3n) is 5.12. The van der Waals surface area contributed by atoms with Gasteiger partial charge in [-0.25, -0.2) is 8.42 Å². The second-order valence-corrected chi connectivity index (χ2v) is 10.7. The summed E-state index contributed by atoms with van der Waals surface area (Å²) in [6.07, 6.45) is 1.79. The molecular formula is C21H24BrClN2O3S. The highest BCUT2D eigenvalue weighted by molar-refractivity contribution is 9.10. The van der Waals surface area contributed by atoms with E-state index in [2.05, 4.69) is 21.2 Å². The molecule has 1 heterocycles. The Morgan fingerprint density at radius 3 is 2.31 bits per heavy atom. The summed E-state index contributed by atoms with van der Waals surface area (Å²) < 4.78 is 28.0. The number of carbonyl (C=O) groups is 1. The van der Waals surface area contributed by atoms with Gasteiger partial charge in [0, 0.05) is 34.5 Å². The minimum atomic E-state index is -3.56. The maximum absolute atomic E-state index is 12.8. The van der Waals surface area contributed by atoms with Gasteiger partial charge < -0.3 is 5.32 Å². The van der Waals surface area contributed by atoms with Gasteiger partial charge >= 0.3 is 0 Å². The average molecular weight is 500 g/mol. The second kappa shape index (κ2) is 9.60. The smallest absolute Gasteiger partial charge is 0.243 e. The number of rotatable bonds is 6. The van der Waals surface area contributed by atoms with Gasteiger partial charge in [-0.2, -0.15) is 4.31 Å². The summed E-state index contributed by atoms with van der Waals surface area (Å²) in [5.41, 5.74) is 1.16. The highest BCUT2D eigenvalue weighted by atomic mass is 79.9. The summed E-state index contributed by atoms with van der Waals surface area (Å²) in [5, 5.41) is 3.57. The molecule has 1 amide bonds. The Hall–Kier alpha value is -1.41. The fraction of sp³-hybridized carbons (Fsp3) is 0.381. The number of hydrogen-bond donors (Lipinski definition) is 1. The first-order valence-electron chi connectivity index (χ1n) is 9.56. The van der Waals surface area contributed by atoms with Crippen LogP contribution >= 0.6 is 27.5 Å². The van der Waals surface area contributed by atoms with Crippen molar-refractivity contribution in [3.05, 3.63) is 63.6 Å². The number of hydrogen-bond acceptors (Lipinski definition) is 3. The summed E-state index contributed by atoms with van der Waals surface area (Å²) >= 11 is 9.26. The highest BCUT2D eigenvalue weighted by Crippen LogP contribution is 2.25. The van der Waals surface area contributed by atoms with E-state index in [0.29, 0.717) is 31.0 Å². The first kappa shape index (κ1) is 22.3. The summed E-state index contributed by atoms with van der Waals surface area (Å²) in [6, 6.07) is 14.2. The van der Waals surface area contributed by atoms with E-state index in [1.807, 2.05) is 31.2 Å². The van der Waals surface area contributed by atoms with Crippen LogP contribution < -0.4 is 5.32 Å². The van der Waals surface area contributed by atoms with Crippen LogP contribution in [0, 0.1) is 5.92 Å². The number of benzene rings is 2. The summed E-state index contributed by atoms with van der Waals surface area (Å²) in [4.78, 5) is 12.8. The van der Waals surface area contributed by atoms with Crippen LogP contribution in [0.2, 0.25) is 5.02 Å². The highest BCUT2D eigenvalue weighted by Gasteiger charge is 2.32. The third-order valence-corrected chi connectivity index (χ3v) is 7.81. The molecule has 156 valence electrons. The van der Waals surface area contributed by atoms with E-state index in [9.17, 15) is 13.2 Å². The van der Waals surface area contributed by atoms with E-state index < -0.39 is 10.0 Å². The second-order valence-electron chi connectivity index (χ2n) is 7.37. The van der Waals surface area contributed by atoms with Crippen molar-refractivity contribution < 1.29 is 13.2 Å². The molecule has 1 aliphatic heterocycles. The normalized spacial score (nSPS) is 17.1. The number of piperidine rings is 1. The van der Waals surface area contributed by atoms with Crippen LogP contribution in [0.4, 0.5) is 0 Å². The molecule has 1 saturated heterocycles. The molecule has 0 spiro atoms. The van der Waals surface area contributed by atoms with Gasteiger partial charge in [0.25, 0.3) is 0 Å². The molecule has 1 N–H and O–H groups in total. The van der Waals surface area contributed by atoms with Crippen LogP contribution in [-0.4, -0.2) is 37.8 Å². The first-order chi connectivity index (χ1) is 13.8. The Morgan fingerprint density at radius 1 is 1.14 bits per heavy atom. The Morgan fingerprint density at radius 2 is 1.72 bits per heavy atom. The van der Waals surface area contributed by atoms with Crippen LogP contribution in [-0.2, 0) is 21.2 Å². The monoisotopic (exact) mass is 498 g/mol. The molecule has 5 nitrogen and oxygen atoms in total. The molecule has 8 heteroatoms. The molecule has 0 aliphatic carbocycles. The summed E-state index contributed by atoms with van der Waals surface area (Å²) in [7, 11) is -3.56. The number of halogens is 2. The molecule has 0 radical (unpaired) electrons. The van der Waals surface area contributed by atoms with Crippen molar-refractivity contribution in [2.24, 2.45) is 5.92 Å². The zero-order valence-corrected chi connectivity index (χ0v) is 19.3. The fourth-order valence-electron chi connectivity index (χ4n) is 3.50. The zero-order valence-electron chi connectivity index (χ0n) is 16.1. The minimum Gasteiger partial charge on any atom is -0.353 e. The van der Waals surface area contributed by atoms with Gasteiger partial charge in [-0.1, -0.05) is 39.7 Å². The van der Waals surface area contributed by atoms with E-state index in [1.54, 1.807) is 12.1 Å². The largest absolute Gasteiger partial charge is 0.353 e. The number of amides is 1. The topological polar surface area (TPSA) is 66.5 Å². The minimum absolute atomic E-state index is 0.00171. The van der Waals surface area contributed by atoms with Crippen molar-refractivity contribution in [3.8, 4) is 0 Å². The van der Waals surface area contributed by atoms with Crippen molar-refractivity contribution in [1.29, 1.82) is 0 Å². The van der Waals surface area contributed by atoms with Gasteiger partial charge in [0.05, 0.1) is 4.90 Å². The van der Waals surface area contributed by atoms with Gasteiger partial charge in [-0.3, -0.25) is 4.79 Å². The van der Waals surface area contributed by atoms with Crippen molar-refractivity contribution in [3.63, 3.8) is 0 Å². The van der Waals surface area contributed by atoms with Crippen LogP contribution in [0.5, 0.6) is 0 Å². The molecule has 2 aromatic carbocycles. The third kappa shape index (κ3) is 5.81. The summed E-state index contributed by atoms with van der Waals surface area (Å²) in [6.45, 7) is 2.66. The van der Waals surface area contributed by atoms with Crippen molar-refractivity contribution in [2.75, 3.05) is 13.1 Å². The number of nitrogens with zero attached hydrogens (tertiary/aromatic N) is 1. The van der Waals surface area contributed by atoms with Crippen molar-refractivity contribution >= 4 is 43.5 Å². The van der Waals surface area contributed by atoms with Gasteiger partial charge in [0.1, 0.15) is 0 Å². The molecule has 1 unspecified atom stereocenters. The number of nitrogens with one attached hydrogen (secondary N) is 1. The van der Waals surface area contributed by atoms with E-state index in [1.165, 1.54) is 16.4 Å². The lowest BCUT2D eigenvalue weighted by Crippen LogP contribution is -2.45. The molecule has 0 bridgehead atoms. The Bertz CT molecular complexity index is 941. The molecule has 1 fully saturated rings.